The van der Waals surface area contributed by atoms with Crippen LogP contribution in [0.5, 0.6) is 5.75 Å². The van der Waals surface area contributed by atoms with E-state index in [4.69, 9.17) is 9.84 Å². The van der Waals surface area contributed by atoms with E-state index in [1.807, 2.05) is 29.2 Å². The van der Waals surface area contributed by atoms with E-state index in [0.29, 0.717) is 36.8 Å². The van der Waals surface area contributed by atoms with Gasteiger partial charge in [0, 0.05) is 19.5 Å². The molecular weight excluding hydrogens is 306 g/mol. The SMILES string of the molecule is O=C(O)CC[C@@H]1CCCN(C(=O)c2ccccc2OCC2CC2)C1. The number of hydrogen-bond acceptors (Lipinski definition) is 3. The van der Waals surface area contributed by atoms with Crippen LogP contribution in [0.3, 0.4) is 0 Å². The van der Waals surface area contributed by atoms with Gasteiger partial charge in [-0.25, -0.2) is 0 Å². The Morgan fingerprint density at radius 3 is 2.71 bits per heavy atom. The van der Waals surface area contributed by atoms with Crippen LogP contribution in [0.25, 0.3) is 0 Å². The van der Waals surface area contributed by atoms with Crippen molar-refractivity contribution in [1.29, 1.82) is 0 Å². The van der Waals surface area contributed by atoms with Crippen molar-refractivity contribution >= 4 is 11.9 Å². The second kappa shape index (κ2) is 7.69. The van der Waals surface area contributed by atoms with Crippen LogP contribution in [0.15, 0.2) is 24.3 Å². The molecule has 1 aliphatic heterocycles. The Labute approximate surface area is 142 Å². The molecule has 1 aromatic rings. The van der Waals surface area contributed by atoms with E-state index >= 15 is 0 Å². The van der Waals surface area contributed by atoms with E-state index in [0.717, 1.165) is 19.4 Å². The molecule has 3 rings (SSSR count). The molecule has 1 saturated carbocycles. The van der Waals surface area contributed by atoms with Crippen molar-refractivity contribution in [2.75, 3.05) is 19.7 Å². The summed E-state index contributed by atoms with van der Waals surface area (Å²) in [5.41, 5.74) is 0.622. The monoisotopic (exact) mass is 331 g/mol. The largest absolute Gasteiger partial charge is 0.492 e. The van der Waals surface area contributed by atoms with E-state index in [1.54, 1.807) is 0 Å². The van der Waals surface area contributed by atoms with Crippen molar-refractivity contribution in [1.82, 2.24) is 4.90 Å². The van der Waals surface area contributed by atoms with Crippen LogP contribution in [0.4, 0.5) is 0 Å². The number of carboxylic acids is 1. The Morgan fingerprint density at radius 2 is 1.96 bits per heavy atom. The van der Waals surface area contributed by atoms with Crippen LogP contribution in [0.2, 0.25) is 0 Å². The third kappa shape index (κ3) is 4.49. The lowest BCUT2D eigenvalue weighted by Gasteiger charge is -2.33. The predicted octanol–water partition coefficient (Wildman–Crippen LogP) is 3.19. The molecule has 0 unspecified atom stereocenters. The maximum atomic E-state index is 12.9. The lowest BCUT2D eigenvalue weighted by molar-refractivity contribution is -0.137. The zero-order chi connectivity index (χ0) is 16.9. The van der Waals surface area contributed by atoms with Gasteiger partial charge in [0.05, 0.1) is 12.2 Å². The average molecular weight is 331 g/mol. The molecule has 1 heterocycles. The number of aliphatic carboxylic acids is 1. The van der Waals surface area contributed by atoms with Gasteiger partial charge < -0.3 is 14.7 Å². The molecule has 0 bridgehead atoms. The van der Waals surface area contributed by atoms with Gasteiger partial charge in [-0.15, -0.1) is 0 Å². The van der Waals surface area contributed by atoms with Gasteiger partial charge in [-0.1, -0.05) is 12.1 Å². The van der Waals surface area contributed by atoms with E-state index in [2.05, 4.69) is 0 Å². The zero-order valence-electron chi connectivity index (χ0n) is 13.9. The van der Waals surface area contributed by atoms with Crippen LogP contribution in [0.1, 0.15) is 48.9 Å². The zero-order valence-corrected chi connectivity index (χ0v) is 13.9. The lowest BCUT2D eigenvalue weighted by atomic mass is 9.93. The summed E-state index contributed by atoms with van der Waals surface area (Å²) < 4.78 is 5.85. The first-order chi connectivity index (χ1) is 11.6. The minimum absolute atomic E-state index is 0.00132. The van der Waals surface area contributed by atoms with Crippen LogP contribution in [0, 0.1) is 11.8 Å². The standard InChI is InChI=1S/C19H25NO4/c21-18(22)10-9-14-4-3-11-20(12-14)19(23)16-5-1-2-6-17(16)24-13-15-7-8-15/h1-2,5-6,14-15H,3-4,7-13H2,(H,21,22)/t14-/m0/s1. The number of carboxylic acid groups (broad SMARTS) is 1. The summed E-state index contributed by atoms with van der Waals surface area (Å²) >= 11 is 0. The van der Waals surface area contributed by atoms with Gasteiger partial charge in [-0.3, -0.25) is 9.59 Å². The maximum absolute atomic E-state index is 12.9. The van der Waals surface area contributed by atoms with Gasteiger partial charge in [0.1, 0.15) is 5.75 Å². The predicted molar refractivity (Wildman–Crippen MR) is 90.2 cm³/mol. The first-order valence-electron chi connectivity index (χ1n) is 8.86. The van der Waals surface area contributed by atoms with Crippen molar-refractivity contribution in [3.05, 3.63) is 29.8 Å². The minimum Gasteiger partial charge on any atom is -0.492 e. The number of carbonyl (C=O) groups excluding carboxylic acids is 1. The smallest absolute Gasteiger partial charge is 0.303 e. The fourth-order valence-electron chi connectivity index (χ4n) is 3.24. The van der Waals surface area contributed by atoms with E-state index < -0.39 is 5.97 Å². The summed E-state index contributed by atoms with van der Waals surface area (Å²) in [6.07, 6.45) is 5.17. The number of para-hydroxylation sites is 1. The second-order valence-corrected chi connectivity index (χ2v) is 6.94. The summed E-state index contributed by atoms with van der Waals surface area (Å²) in [4.78, 5) is 25.5. The Balaban J connectivity index is 1.63. The molecule has 5 nitrogen and oxygen atoms in total. The van der Waals surface area contributed by atoms with Gasteiger partial charge in [0.25, 0.3) is 5.91 Å². The second-order valence-electron chi connectivity index (χ2n) is 6.94. The number of benzene rings is 1. The van der Waals surface area contributed by atoms with Crippen molar-refractivity contribution in [3.63, 3.8) is 0 Å². The van der Waals surface area contributed by atoms with Gasteiger partial charge in [-0.2, -0.15) is 0 Å². The number of likely N-dealkylation sites (tertiary alicyclic amines) is 1. The van der Waals surface area contributed by atoms with Crippen LogP contribution >= 0.6 is 0 Å². The molecule has 1 aliphatic carbocycles. The molecule has 0 spiro atoms. The topological polar surface area (TPSA) is 66.8 Å². The third-order valence-corrected chi connectivity index (χ3v) is 4.86. The molecule has 1 N–H and O–H groups in total. The van der Waals surface area contributed by atoms with Crippen molar-refractivity contribution in [2.45, 2.75) is 38.5 Å². The summed E-state index contributed by atoms with van der Waals surface area (Å²) in [7, 11) is 0. The fraction of sp³-hybridized carbons (Fsp3) is 0.579. The Hall–Kier alpha value is -2.04. The Bertz CT molecular complexity index is 597. The van der Waals surface area contributed by atoms with E-state index in [9.17, 15) is 9.59 Å². The van der Waals surface area contributed by atoms with Crippen LogP contribution in [-0.4, -0.2) is 41.6 Å². The molecule has 1 saturated heterocycles. The summed E-state index contributed by atoms with van der Waals surface area (Å²) in [6.45, 7) is 2.06. The maximum Gasteiger partial charge on any atom is 0.303 e. The van der Waals surface area contributed by atoms with Gasteiger partial charge in [0.2, 0.25) is 0 Å². The third-order valence-electron chi connectivity index (χ3n) is 4.86. The molecule has 130 valence electrons. The highest BCUT2D eigenvalue weighted by molar-refractivity contribution is 5.97. The number of ether oxygens (including phenoxy) is 1. The molecular formula is C19H25NO4. The number of nitrogens with zero attached hydrogens (tertiary/aromatic N) is 1. The van der Waals surface area contributed by atoms with Crippen LogP contribution < -0.4 is 4.74 Å². The quantitative estimate of drug-likeness (QED) is 0.833. The molecule has 1 atom stereocenters. The normalized spacial score (nSPS) is 20.7. The number of amides is 1. The Kier molecular flexibility index (Phi) is 5.38. The number of carbonyl (C=O) groups is 2. The number of piperidine rings is 1. The highest BCUT2D eigenvalue weighted by atomic mass is 16.5. The first-order valence-corrected chi connectivity index (χ1v) is 8.86. The molecule has 0 radical (unpaired) electrons. The lowest BCUT2D eigenvalue weighted by Crippen LogP contribution is -2.40. The molecule has 1 aromatic carbocycles. The van der Waals surface area contributed by atoms with Crippen molar-refractivity contribution in [2.24, 2.45) is 11.8 Å². The molecule has 24 heavy (non-hydrogen) atoms. The van der Waals surface area contributed by atoms with Gasteiger partial charge in [0.15, 0.2) is 0 Å². The van der Waals surface area contributed by atoms with Crippen molar-refractivity contribution in [3.8, 4) is 5.75 Å². The summed E-state index contributed by atoms with van der Waals surface area (Å²) in [5, 5.41) is 8.85. The van der Waals surface area contributed by atoms with Gasteiger partial charge in [-0.05, 0) is 56.1 Å². The average Bonchev–Trinajstić information content (AvgIpc) is 3.42. The fourth-order valence-corrected chi connectivity index (χ4v) is 3.24. The molecule has 0 aromatic heterocycles. The number of hydrogen-bond donors (Lipinski definition) is 1. The number of rotatable bonds is 7. The summed E-state index contributed by atoms with van der Waals surface area (Å²) in [5.74, 6) is 0.822. The molecule has 5 heteroatoms. The van der Waals surface area contributed by atoms with Gasteiger partial charge >= 0.3 is 5.97 Å². The van der Waals surface area contributed by atoms with Crippen molar-refractivity contribution < 1.29 is 19.4 Å². The highest BCUT2D eigenvalue weighted by Crippen LogP contribution is 2.31. The molecule has 1 amide bonds. The van der Waals surface area contributed by atoms with E-state index in [1.165, 1.54) is 12.8 Å². The first kappa shape index (κ1) is 16.8. The molecule has 2 fully saturated rings. The van der Waals surface area contributed by atoms with E-state index in [-0.39, 0.29) is 18.2 Å². The summed E-state index contributed by atoms with van der Waals surface area (Å²) in [6, 6.07) is 7.45. The highest BCUT2D eigenvalue weighted by Gasteiger charge is 2.27. The Morgan fingerprint density at radius 1 is 1.17 bits per heavy atom. The van der Waals surface area contributed by atoms with Crippen LogP contribution in [-0.2, 0) is 4.79 Å². The minimum atomic E-state index is -0.766. The molecule has 2 aliphatic rings.